The molecule has 3 heterocycles. The molecule has 2 aromatic rings. The molecule has 1 atom stereocenters. The standard InChI is InChI=1S/C21H25N3O3S/c1-16-4-6-17(7-5-16)24-11-10-23(21(24)26)15-20(25)22-9-8-19(28-14-12-22)18-3-2-13-27-18/h2-7,13,19H,8-12,14-15H2,1H3. The molecular formula is C21H25N3O3S. The molecule has 0 spiro atoms. The SMILES string of the molecule is Cc1ccc(N2CCN(CC(=O)N3CCSC(c4ccco4)CC3)C2=O)cc1. The van der Waals surface area contributed by atoms with Crippen molar-refractivity contribution < 1.29 is 14.0 Å². The molecule has 0 radical (unpaired) electrons. The molecule has 0 N–H and O–H groups in total. The first-order chi connectivity index (χ1) is 13.6. The molecule has 1 aromatic carbocycles. The molecule has 4 rings (SSSR count). The number of carbonyl (C=O) groups is 2. The Morgan fingerprint density at radius 1 is 1.14 bits per heavy atom. The molecule has 0 aliphatic carbocycles. The summed E-state index contributed by atoms with van der Waals surface area (Å²) in [6.45, 7) is 4.78. The maximum absolute atomic E-state index is 12.8. The number of amides is 3. The zero-order valence-electron chi connectivity index (χ0n) is 16.0. The normalized spacial score (nSPS) is 20.5. The predicted molar refractivity (Wildman–Crippen MR) is 111 cm³/mol. The lowest BCUT2D eigenvalue weighted by molar-refractivity contribution is -0.131. The minimum Gasteiger partial charge on any atom is -0.468 e. The summed E-state index contributed by atoms with van der Waals surface area (Å²) < 4.78 is 5.52. The van der Waals surface area contributed by atoms with E-state index in [1.807, 2.05) is 60.0 Å². The number of benzene rings is 1. The van der Waals surface area contributed by atoms with Crippen molar-refractivity contribution in [3.8, 4) is 0 Å². The molecule has 7 heteroatoms. The smallest absolute Gasteiger partial charge is 0.325 e. The summed E-state index contributed by atoms with van der Waals surface area (Å²) in [5, 5.41) is 0.290. The average molecular weight is 400 g/mol. The highest BCUT2D eigenvalue weighted by Gasteiger charge is 2.32. The van der Waals surface area contributed by atoms with Crippen LogP contribution in [0.25, 0.3) is 0 Å². The molecule has 28 heavy (non-hydrogen) atoms. The number of rotatable bonds is 4. The maximum atomic E-state index is 12.8. The Morgan fingerprint density at radius 3 is 2.71 bits per heavy atom. The molecule has 2 aliphatic heterocycles. The second-order valence-electron chi connectivity index (χ2n) is 7.24. The van der Waals surface area contributed by atoms with E-state index in [0.29, 0.717) is 31.4 Å². The Labute approximate surface area is 169 Å². The number of urea groups is 1. The zero-order chi connectivity index (χ0) is 19.5. The third kappa shape index (κ3) is 4.04. The highest BCUT2D eigenvalue weighted by Crippen LogP contribution is 2.34. The van der Waals surface area contributed by atoms with Gasteiger partial charge >= 0.3 is 6.03 Å². The molecule has 3 amide bonds. The summed E-state index contributed by atoms with van der Waals surface area (Å²) in [5.74, 6) is 1.88. The van der Waals surface area contributed by atoms with E-state index in [-0.39, 0.29) is 18.5 Å². The van der Waals surface area contributed by atoms with Gasteiger partial charge in [-0.2, -0.15) is 0 Å². The van der Waals surface area contributed by atoms with E-state index >= 15 is 0 Å². The van der Waals surface area contributed by atoms with E-state index in [4.69, 9.17) is 4.42 Å². The highest BCUT2D eigenvalue weighted by atomic mass is 32.2. The van der Waals surface area contributed by atoms with Gasteiger partial charge in [0.25, 0.3) is 0 Å². The van der Waals surface area contributed by atoms with Crippen molar-refractivity contribution >= 4 is 29.4 Å². The van der Waals surface area contributed by atoms with Gasteiger partial charge in [0.05, 0.1) is 11.5 Å². The van der Waals surface area contributed by atoms with Crippen LogP contribution in [0.1, 0.15) is 23.0 Å². The van der Waals surface area contributed by atoms with Crippen LogP contribution in [0.15, 0.2) is 47.1 Å². The van der Waals surface area contributed by atoms with Crippen LogP contribution in [0.4, 0.5) is 10.5 Å². The molecule has 2 aliphatic rings. The summed E-state index contributed by atoms with van der Waals surface area (Å²) in [6, 6.07) is 11.7. The molecule has 1 aromatic heterocycles. The fourth-order valence-electron chi connectivity index (χ4n) is 3.68. The quantitative estimate of drug-likeness (QED) is 0.789. The van der Waals surface area contributed by atoms with Gasteiger partial charge in [0.2, 0.25) is 5.91 Å². The van der Waals surface area contributed by atoms with Crippen molar-refractivity contribution in [2.45, 2.75) is 18.6 Å². The van der Waals surface area contributed by atoms with Crippen molar-refractivity contribution in [1.29, 1.82) is 0 Å². The van der Waals surface area contributed by atoms with Crippen LogP contribution in [0, 0.1) is 6.92 Å². The van der Waals surface area contributed by atoms with Crippen LogP contribution in [-0.4, -0.2) is 60.2 Å². The number of furan rings is 1. The summed E-state index contributed by atoms with van der Waals surface area (Å²) in [7, 11) is 0. The van der Waals surface area contributed by atoms with Gasteiger partial charge in [0.15, 0.2) is 0 Å². The lowest BCUT2D eigenvalue weighted by atomic mass is 10.2. The van der Waals surface area contributed by atoms with E-state index < -0.39 is 0 Å². The first kappa shape index (κ1) is 18.9. The Kier molecular flexibility index (Phi) is 5.62. The van der Waals surface area contributed by atoms with Gasteiger partial charge in [0, 0.05) is 37.6 Å². The number of hydrogen-bond acceptors (Lipinski definition) is 4. The van der Waals surface area contributed by atoms with Crippen molar-refractivity contribution in [2.75, 3.05) is 43.4 Å². The number of nitrogens with zero attached hydrogens (tertiary/aromatic N) is 3. The molecule has 2 fully saturated rings. The van der Waals surface area contributed by atoms with Gasteiger partial charge < -0.3 is 14.2 Å². The van der Waals surface area contributed by atoms with Gasteiger partial charge in [-0.15, -0.1) is 11.8 Å². The molecule has 6 nitrogen and oxygen atoms in total. The lowest BCUT2D eigenvalue weighted by Gasteiger charge is -2.24. The van der Waals surface area contributed by atoms with Crippen LogP contribution < -0.4 is 4.90 Å². The maximum Gasteiger partial charge on any atom is 0.325 e. The van der Waals surface area contributed by atoms with Crippen molar-refractivity contribution in [3.63, 3.8) is 0 Å². The lowest BCUT2D eigenvalue weighted by Crippen LogP contribution is -2.43. The van der Waals surface area contributed by atoms with Crippen LogP contribution in [0.2, 0.25) is 0 Å². The summed E-state index contributed by atoms with van der Waals surface area (Å²) in [6.07, 6.45) is 2.57. The largest absolute Gasteiger partial charge is 0.468 e. The molecule has 0 bridgehead atoms. The van der Waals surface area contributed by atoms with E-state index in [1.54, 1.807) is 16.1 Å². The number of aryl methyl sites for hydroxylation is 1. The van der Waals surface area contributed by atoms with Gasteiger partial charge in [-0.3, -0.25) is 9.69 Å². The number of carbonyl (C=O) groups excluding carboxylic acids is 2. The first-order valence-corrected chi connectivity index (χ1v) is 10.7. The third-order valence-electron chi connectivity index (χ3n) is 5.32. The third-order valence-corrected chi connectivity index (χ3v) is 6.61. The second kappa shape index (κ2) is 8.31. The van der Waals surface area contributed by atoms with Gasteiger partial charge in [-0.05, 0) is 37.6 Å². The zero-order valence-corrected chi connectivity index (χ0v) is 16.9. The molecule has 148 valence electrons. The monoisotopic (exact) mass is 399 g/mol. The molecule has 2 saturated heterocycles. The molecular weight excluding hydrogens is 374 g/mol. The van der Waals surface area contributed by atoms with Gasteiger partial charge in [-0.25, -0.2) is 4.79 Å². The van der Waals surface area contributed by atoms with Crippen LogP contribution in [0.5, 0.6) is 0 Å². The van der Waals surface area contributed by atoms with Crippen LogP contribution >= 0.6 is 11.8 Å². The Hall–Kier alpha value is -2.41. The number of thioether (sulfide) groups is 1. The highest BCUT2D eigenvalue weighted by molar-refractivity contribution is 7.99. The minimum atomic E-state index is -0.0881. The van der Waals surface area contributed by atoms with E-state index in [0.717, 1.165) is 29.2 Å². The Morgan fingerprint density at radius 2 is 1.96 bits per heavy atom. The van der Waals surface area contributed by atoms with Crippen LogP contribution in [0.3, 0.4) is 0 Å². The number of anilines is 1. The van der Waals surface area contributed by atoms with E-state index in [2.05, 4.69) is 0 Å². The van der Waals surface area contributed by atoms with E-state index in [9.17, 15) is 9.59 Å². The van der Waals surface area contributed by atoms with Gasteiger partial charge in [-0.1, -0.05) is 17.7 Å². The van der Waals surface area contributed by atoms with E-state index in [1.165, 1.54) is 0 Å². The fourth-order valence-corrected chi connectivity index (χ4v) is 4.86. The molecule has 0 saturated carbocycles. The van der Waals surface area contributed by atoms with Crippen molar-refractivity contribution in [3.05, 3.63) is 54.0 Å². The predicted octanol–water partition coefficient (Wildman–Crippen LogP) is 3.54. The topological polar surface area (TPSA) is 57.0 Å². The van der Waals surface area contributed by atoms with Gasteiger partial charge in [0.1, 0.15) is 12.3 Å². The number of hydrogen-bond donors (Lipinski definition) is 0. The van der Waals surface area contributed by atoms with Crippen molar-refractivity contribution in [1.82, 2.24) is 9.80 Å². The second-order valence-corrected chi connectivity index (χ2v) is 8.55. The molecule has 1 unspecified atom stereocenters. The summed E-state index contributed by atoms with van der Waals surface area (Å²) in [5.41, 5.74) is 2.05. The fraction of sp³-hybridized carbons (Fsp3) is 0.429. The van der Waals surface area contributed by atoms with Crippen molar-refractivity contribution in [2.24, 2.45) is 0 Å². The Balaban J connectivity index is 1.33. The minimum absolute atomic E-state index is 0.0276. The average Bonchev–Trinajstić information content (AvgIpc) is 3.27. The van der Waals surface area contributed by atoms with Crippen LogP contribution in [-0.2, 0) is 4.79 Å². The summed E-state index contributed by atoms with van der Waals surface area (Å²) in [4.78, 5) is 30.9. The summed E-state index contributed by atoms with van der Waals surface area (Å²) >= 11 is 1.83. The Bertz CT molecular complexity index is 822. The first-order valence-electron chi connectivity index (χ1n) is 9.68.